The van der Waals surface area contributed by atoms with Crippen molar-refractivity contribution in [3.05, 3.63) is 36.4 Å². The van der Waals surface area contributed by atoms with Gasteiger partial charge in [-0.2, -0.15) is 0 Å². The molecule has 20 heavy (non-hydrogen) atoms. The molecule has 2 rings (SSSR count). The second-order valence-electron chi connectivity index (χ2n) is 4.22. The lowest BCUT2D eigenvalue weighted by Gasteiger charge is -2.14. The molecule has 0 saturated carbocycles. The third-order valence-electron chi connectivity index (χ3n) is 3.00. The normalized spacial score (nSPS) is 10.9. The van der Waals surface area contributed by atoms with Gasteiger partial charge in [0.15, 0.2) is 0 Å². The maximum Gasteiger partial charge on any atom is 0.134 e. The summed E-state index contributed by atoms with van der Waals surface area (Å²) in [5.74, 6) is 2.02. The molecular weight excluding hydrogens is 256 g/mol. The van der Waals surface area contributed by atoms with Gasteiger partial charge >= 0.3 is 0 Å². The maximum absolute atomic E-state index is 9.81. The van der Waals surface area contributed by atoms with Crippen LogP contribution in [0.4, 0.5) is 0 Å². The fourth-order valence-electron chi connectivity index (χ4n) is 2.06. The Kier molecular flexibility index (Phi) is 4.35. The molecule has 0 aliphatic carbocycles. The van der Waals surface area contributed by atoms with E-state index in [2.05, 4.69) is 0 Å². The number of rotatable bonds is 5. The first-order valence-corrected chi connectivity index (χ1v) is 6.33. The predicted molar refractivity (Wildman–Crippen MR) is 79.0 cm³/mol. The molecule has 0 heterocycles. The van der Waals surface area contributed by atoms with Crippen molar-refractivity contribution in [1.29, 1.82) is 0 Å². The average Bonchev–Trinajstić information content (AvgIpc) is 2.46. The average molecular weight is 274 g/mol. The van der Waals surface area contributed by atoms with Crippen molar-refractivity contribution in [3.8, 4) is 23.0 Å². The summed E-state index contributed by atoms with van der Waals surface area (Å²) >= 11 is 0. The van der Waals surface area contributed by atoms with Crippen LogP contribution in [0.5, 0.6) is 23.0 Å². The SMILES string of the molecule is C/C=C/COc1ccc(OC)c2c(OC)cc(O)cc12. The number of phenolic OH excluding ortho intramolecular Hbond substituents is 1. The molecule has 0 atom stereocenters. The molecule has 0 aromatic heterocycles. The quantitative estimate of drug-likeness (QED) is 0.847. The fourth-order valence-corrected chi connectivity index (χ4v) is 2.06. The molecule has 0 aliphatic heterocycles. The molecule has 4 nitrogen and oxygen atoms in total. The Hall–Kier alpha value is -2.36. The first-order valence-electron chi connectivity index (χ1n) is 6.33. The van der Waals surface area contributed by atoms with Gasteiger partial charge in [0.1, 0.15) is 29.6 Å². The lowest BCUT2D eigenvalue weighted by molar-refractivity contribution is 0.364. The van der Waals surface area contributed by atoms with Gasteiger partial charge in [-0.15, -0.1) is 0 Å². The van der Waals surface area contributed by atoms with Crippen molar-refractivity contribution in [2.24, 2.45) is 0 Å². The summed E-state index contributed by atoms with van der Waals surface area (Å²) in [7, 11) is 3.16. The van der Waals surface area contributed by atoms with E-state index in [1.165, 1.54) is 0 Å². The number of hydrogen-bond acceptors (Lipinski definition) is 4. The number of fused-ring (bicyclic) bond motifs is 1. The molecule has 0 amide bonds. The van der Waals surface area contributed by atoms with Crippen molar-refractivity contribution in [1.82, 2.24) is 0 Å². The Morgan fingerprint density at radius 2 is 1.75 bits per heavy atom. The van der Waals surface area contributed by atoms with Crippen LogP contribution >= 0.6 is 0 Å². The minimum atomic E-state index is 0.124. The maximum atomic E-state index is 9.81. The zero-order valence-electron chi connectivity index (χ0n) is 11.8. The van der Waals surface area contributed by atoms with Crippen LogP contribution in [0.1, 0.15) is 6.92 Å². The Balaban J connectivity index is 2.63. The predicted octanol–water partition coefficient (Wildman–Crippen LogP) is 3.52. The van der Waals surface area contributed by atoms with Gasteiger partial charge in [-0.1, -0.05) is 12.2 Å². The van der Waals surface area contributed by atoms with E-state index in [1.807, 2.05) is 31.2 Å². The molecule has 0 bridgehead atoms. The van der Waals surface area contributed by atoms with Crippen molar-refractivity contribution < 1.29 is 19.3 Å². The highest BCUT2D eigenvalue weighted by Crippen LogP contribution is 2.41. The first-order chi connectivity index (χ1) is 9.71. The number of allylic oxidation sites excluding steroid dienone is 1. The van der Waals surface area contributed by atoms with Gasteiger partial charge in [0.25, 0.3) is 0 Å². The van der Waals surface area contributed by atoms with E-state index in [0.29, 0.717) is 23.9 Å². The summed E-state index contributed by atoms with van der Waals surface area (Å²) in [5, 5.41) is 11.3. The van der Waals surface area contributed by atoms with E-state index in [0.717, 1.165) is 10.8 Å². The Morgan fingerprint density at radius 1 is 1.05 bits per heavy atom. The molecule has 0 aliphatic rings. The van der Waals surface area contributed by atoms with E-state index in [-0.39, 0.29) is 5.75 Å². The molecule has 2 aromatic rings. The van der Waals surface area contributed by atoms with Crippen LogP contribution < -0.4 is 14.2 Å². The van der Waals surface area contributed by atoms with Crippen molar-refractivity contribution in [2.75, 3.05) is 20.8 Å². The van der Waals surface area contributed by atoms with Crippen LogP contribution in [-0.2, 0) is 0 Å². The van der Waals surface area contributed by atoms with Crippen LogP contribution in [0.15, 0.2) is 36.4 Å². The summed E-state index contributed by atoms with van der Waals surface area (Å²) in [6, 6.07) is 6.85. The highest BCUT2D eigenvalue weighted by molar-refractivity contribution is 5.99. The summed E-state index contributed by atoms with van der Waals surface area (Å²) in [6.07, 6.45) is 3.83. The molecule has 0 saturated heterocycles. The van der Waals surface area contributed by atoms with Crippen LogP contribution in [-0.4, -0.2) is 25.9 Å². The summed E-state index contributed by atoms with van der Waals surface area (Å²) in [6.45, 7) is 2.40. The topological polar surface area (TPSA) is 47.9 Å². The zero-order chi connectivity index (χ0) is 14.5. The van der Waals surface area contributed by atoms with Crippen molar-refractivity contribution >= 4 is 10.8 Å². The largest absolute Gasteiger partial charge is 0.508 e. The summed E-state index contributed by atoms with van der Waals surface area (Å²) in [4.78, 5) is 0. The fraction of sp³-hybridized carbons (Fsp3) is 0.250. The number of benzene rings is 2. The number of ether oxygens (including phenoxy) is 3. The Morgan fingerprint density at radius 3 is 2.40 bits per heavy atom. The monoisotopic (exact) mass is 274 g/mol. The van der Waals surface area contributed by atoms with Crippen LogP contribution in [0.2, 0.25) is 0 Å². The molecule has 1 N–H and O–H groups in total. The summed E-state index contributed by atoms with van der Waals surface area (Å²) in [5.41, 5.74) is 0. The third-order valence-corrected chi connectivity index (χ3v) is 3.00. The molecule has 2 aromatic carbocycles. The molecule has 0 radical (unpaired) electrons. The lowest BCUT2D eigenvalue weighted by atomic mass is 10.1. The zero-order valence-corrected chi connectivity index (χ0v) is 11.8. The second kappa shape index (κ2) is 6.19. The smallest absolute Gasteiger partial charge is 0.134 e. The van der Waals surface area contributed by atoms with Gasteiger partial charge in [0.05, 0.1) is 19.6 Å². The Bertz CT molecular complexity index is 632. The minimum Gasteiger partial charge on any atom is -0.508 e. The van der Waals surface area contributed by atoms with Crippen LogP contribution in [0.3, 0.4) is 0 Å². The van der Waals surface area contributed by atoms with Crippen LogP contribution in [0, 0.1) is 0 Å². The molecule has 4 heteroatoms. The van der Waals surface area contributed by atoms with E-state index < -0.39 is 0 Å². The van der Waals surface area contributed by atoms with E-state index in [9.17, 15) is 5.11 Å². The van der Waals surface area contributed by atoms with Gasteiger partial charge < -0.3 is 19.3 Å². The van der Waals surface area contributed by atoms with Crippen LogP contribution in [0.25, 0.3) is 10.8 Å². The number of hydrogen-bond donors (Lipinski definition) is 1. The van der Waals surface area contributed by atoms with Gasteiger partial charge in [0, 0.05) is 11.5 Å². The minimum absolute atomic E-state index is 0.124. The van der Waals surface area contributed by atoms with E-state index in [1.54, 1.807) is 26.4 Å². The van der Waals surface area contributed by atoms with Gasteiger partial charge in [-0.25, -0.2) is 0 Å². The highest BCUT2D eigenvalue weighted by Gasteiger charge is 2.14. The van der Waals surface area contributed by atoms with E-state index in [4.69, 9.17) is 14.2 Å². The standard InChI is InChI=1S/C16H18O4/c1-4-5-8-20-13-6-7-14(18-2)16-12(13)9-11(17)10-15(16)19-3/h4-7,9-10,17H,8H2,1-3H3/b5-4+. The molecule has 0 spiro atoms. The van der Waals surface area contributed by atoms with E-state index >= 15 is 0 Å². The molecular formula is C16H18O4. The van der Waals surface area contributed by atoms with Crippen molar-refractivity contribution in [3.63, 3.8) is 0 Å². The van der Waals surface area contributed by atoms with Gasteiger partial charge in [-0.3, -0.25) is 0 Å². The Labute approximate surface area is 118 Å². The third kappa shape index (κ3) is 2.64. The van der Waals surface area contributed by atoms with Gasteiger partial charge in [-0.05, 0) is 25.1 Å². The first kappa shape index (κ1) is 14.1. The molecule has 106 valence electrons. The number of methoxy groups -OCH3 is 2. The van der Waals surface area contributed by atoms with Gasteiger partial charge in [0.2, 0.25) is 0 Å². The lowest BCUT2D eigenvalue weighted by Crippen LogP contribution is -1.96. The number of phenols is 1. The summed E-state index contributed by atoms with van der Waals surface area (Å²) < 4.78 is 16.4. The molecule has 0 unspecified atom stereocenters. The number of aromatic hydroxyl groups is 1. The second-order valence-corrected chi connectivity index (χ2v) is 4.22. The van der Waals surface area contributed by atoms with Crippen molar-refractivity contribution in [2.45, 2.75) is 6.92 Å². The highest BCUT2D eigenvalue weighted by atomic mass is 16.5. The molecule has 0 fully saturated rings.